The molecule has 7 heteroatoms. The minimum atomic E-state index is -3.64. The molecule has 0 unspecified atom stereocenters. The van der Waals surface area contributed by atoms with E-state index in [0.29, 0.717) is 23.8 Å². The summed E-state index contributed by atoms with van der Waals surface area (Å²) in [6.45, 7) is 2.78. The molecule has 0 aromatic heterocycles. The maximum Gasteiger partial charge on any atom is 0.261 e. The number of nitrogens with one attached hydrogen (secondary N) is 1. The summed E-state index contributed by atoms with van der Waals surface area (Å²) in [4.78, 5) is 2.47. The van der Waals surface area contributed by atoms with Crippen LogP contribution in [0.2, 0.25) is 0 Å². The van der Waals surface area contributed by atoms with Gasteiger partial charge in [0.2, 0.25) is 0 Å². The first-order valence-electron chi connectivity index (χ1n) is 8.80. The van der Waals surface area contributed by atoms with Crippen molar-refractivity contribution in [2.45, 2.75) is 24.2 Å². The highest BCUT2D eigenvalue weighted by Crippen LogP contribution is 2.32. The molecule has 138 valence electrons. The Hall–Kier alpha value is -1.57. The largest absolute Gasteiger partial charge is 0.378 e. The van der Waals surface area contributed by atoms with Crippen LogP contribution in [-0.4, -0.2) is 34.7 Å². The predicted molar refractivity (Wildman–Crippen MR) is 106 cm³/mol. The van der Waals surface area contributed by atoms with E-state index in [-0.39, 0.29) is 0 Å². The number of sulfonamides is 1. The lowest BCUT2D eigenvalue weighted by atomic mass is 10.1. The van der Waals surface area contributed by atoms with E-state index in [1.165, 1.54) is 5.56 Å². The van der Waals surface area contributed by atoms with E-state index in [1.54, 1.807) is 6.07 Å². The van der Waals surface area contributed by atoms with Gasteiger partial charge in [-0.2, -0.15) is 0 Å². The zero-order chi connectivity index (χ0) is 18.1. The number of ether oxygens (including phenoxy) is 1. The fraction of sp³-hybridized carbons (Fsp3) is 0.368. The molecular formula is C19H21BrN2O3S. The molecule has 1 heterocycles. The normalized spacial score (nSPS) is 17.2. The Bertz CT molecular complexity index is 924. The van der Waals surface area contributed by atoms with Crippen LogP contribution in [0.4, 0.5) is 11.4 Å². The first kappa shape index (κ1) is 17.8. The number of morpholine rings is 1. The molecule has 1 saturated heterocycles. The van der Waals surface area contributed by atoms with Crippen molar-refractivity contribution in [1.82, 2.24) is 0 Å². The van der Waals surface area contributed by atoms with E-state index < -0.39 is 10.0 Å². The minimum Gasteiger partial charge on any atom is -0.378 e. The van der Waals surface area contributed by atoms with Crippen LogP contribution in [0.15, 0.2) is 45.8 Å². The Morgan fingerprint density at radius 3 is 2.58 bits per heavy atom. The lowest BCUT2D eigenvalue weighted by molar-refractivity contribution is 0.123. The van der Waals surface area contributed by atoms with Gasteiger partial charge in [-0.15, -0.1) is 0 Å². The van der Waals surface area contributed by atoms with Crippen molar-refractivity contribution in [2.24, 2.45) is 0 Å². The number of hydrogen-bond donors (Lipinski definition) is 1. The van der Waals surface area contributed by atoms with E-state index in [1.807, 2.05) is 30.3 Å². The molecule has 0 amide bonds. The summed E-state index contributed by atoms with van der Waals surface area (Å²) in [5, 5.41) is 0. The highest BCUT2D eigenvalue weighted by atomic mass is 79.9. The number of anilines is 2. The Morgan fingerprint density at radius 2 is 1.77 bits per heavy atom. The number of hydrogen-bond acceptors (Lipinski definition) is 4. The van der Waals surface area contributed by atoms with E-state index in [2.05, 4.69) is 25.6 Å². The average Bonchev–Trinajstić information content (AvgIpc) is 3.10. The van der Waals surface area contributed by atoms with Crippen LogP contribution in [-0.2, 0) is 27.6 Å². The molecule has 1 aliphatic heterocycles. The lowest BCUT2D eigenvalue weighted by Gasteiger charge is -2.30. The second kappa shape index (κ2) is 7.21. The van der Waals surface area contributed by atoms with Gasteiger partial charge in [0.1, 0.15) is 0 Å². The van der Waals surface area contributed by atoms with Crippen LogP contribution in [0.1, 0.15) is 17.5 Å². The Kier molecular flexibility index (Phi) is 4.94. The van der Waals surface area contributed by atoms with Gasteiger partial charge < -0.3 is 9.64 Å². The lowest BCUT2D eigenvalue weighted by Crippen LogP contribution is -2.36. The standard InChI is InChI=1S/C19H21BrN2O3S/c20-16-5-7-19(22-8-10-25-11-9-22)18(13-16)21-26(23,24)17-6-4-14-2-1-3-15(14)12-17/h4-7,12-13,21H,1-3,8-11H2. The first-order valence-corrected chi connectivity index (χ1v) is 11.1. The third-order valence-electron chi connectivity index (χ3n) is 4.93. The fourth-order valence-electron chi connectivity index (χ4n) is 3.59. The van der Waals surface area contributed by atoms with Gasteiger partial charge in [-0.05, 0) is 60.7 Å². The first-order chi connectivity index (χ1) is 12.5. The van der Waals surface area contributed by atoms with Gasteiger partial charge in [-0.25, -0.2) is 8.42 Å². The van der Waals surface area contributed by atoms with Gasteiger partial charge in [0.05, 0.1) is 29.5 Å². The van der Waals surface area contributed by atoms with Crippen molar-refractivity contribution in [1.29, 1.82) is 0 Å². The Morgan fingerprint density at radius 1 is 1.00 bits per heavy atom. The van der Waals surface area contributed by atoms with Crippen LogP contribution in [0.3, 0.4) is 0 Å². The number of rotatable bonds is 4. The highest BCUT2D eigenvalue weighted by molar-refractivity contribution is 9.10. The van der Waals surface area contributed by atoms with E-state index in [9.17, 15) is 8.42 Å². The van der Waals surface area contributed by atoms with Crippen molar-refractivity contribution in [3.63, 3.8) is 0 Å². The Labute approximate surface area is 162 Å². The number of fused-ring (bicyclic) bond motifs is 1. The SMILES string of the molecule is O=S(=O)(Nc1cc(Br)ccc1N1CCOCC1)c1ccc2c(c1)CCC2. The molecule has 0 spiro atoms. The molecule has 2 aliphatic rings. The summed E-state index contributed by atoms with van der Waals surface area (Å²) in [5.41, 5.74) is 3.87. The molecule has 0 atom stereocenters. The topological polar surface area (TPSA) is 58.6 Å². The summed E-state index contributed by atoms with van der Waals surface area (Å²) in [5.74, 6) is 0. The van der Waals surface area contributed by atoms with Crippen LogP contribution in [0.25, 0.3) is 0 Å². The highest BCUT2D eigenvalue weighted by Gasteiger charge is 2.22. The fourth-order valence-corrected chi connectivity index (χ4v) is 5.07. The van der Waals surface area contributed by atoms with Crippen LogP contribution in [0.5, 0.6) is 0 Å². The zero-order valence-corrected chi connectivity index (χ0v) is 16.8. The van der Waals surface area contributed by atoms with E-state index in [4.69, 9.17) is 4.74 Å². The molecule has 1 fully saturated rings. The molecule has 0 radical (unpaired) electrons. The molecule has 1 N–H and O–H groups in total. The molecule has 1 aliphatic carbocycles. The van der Waals surface area contributed by atoms with Gasteiger partial charge in [0.15, 0.2) is 0 Å². The molecule has 5 nitrogen and oxygen atoms in total. The number of halogens is 1. The van der Waals surface area contributed by atoms with Gasteiger partial charge in [-0.1, -0.05) is 22.0 Å². The molecule has 0 saturated carbocycles. The summed E-state index contributed by atoms with van der Waals surface area (Å²) >= 11 is 3.45. The van der Waals surface area contributed by atoms with Gasteiger partial charge in [0.25, 0.3) is 10.0 Å². The van der Waals surface area contributed by atoms with Crippen molar-refractivity contribution in [3.05, 3.63) is 52.0 Å². The quantitative estimate of drug-likeness (QED) is 0.795. The number of benzene rings is 2. The predicted octanol–water partition coefficient (Wildman–Crippen LogP) is 3.58. The summed E-state index contributed by atoms with van der Waals surface area (Å²) in [7, 11) is -3.64. The van der Waals surface area contributed by atoms with Crippen LogP contribution >= 0.6 is 15.9 Å². The van der Waals surface area contributed by atoms with Crippen molar-refractivity contribution >= 4 is 37.3 Å². The van der Waals surface area contributed by atoms with E-state index in [0.717, 1.165) is 48.1 Å². The van der Waals surface area contributed by atoms with Crippen molar-refractivity contribution in [3.8, 4) is 0 Å². The molecule has 2 aromatic carbocycles. The minimum absolute atomic E-state index is 0.325. The van der Waals surface area contributed by atoms with Gasteiger partial charge >= 0.3 is 0 Å². The molecule has 26 heavy (non-hydrogen) atoms. The molecular weight excluding hydrogens is 416 g/mol. The van der Waals surface area contributed by atoms with Crippen molar-refractivity contribution in [2.75, 3.05) is 35.9 Å². The number of nitrogens with zero attached hydrogens (tertiary/aromatic N) is 1. The molecule has 4 rings (SSSR count). The monoisotopic (exact) mass is 436 g/mol. The van der Waals surface area contributed by atoms with Gasteiger partial charge in [0, 0.05) is 17.6 Å². The average molecular weight is 437 g/mol. The van der Waals surface area contributed by atoms with Gasteiger partial charge in [-0.3, -0.25) is 4.72 Å². The van der Waals surface area contributed by atoms with Crippen LogP contribution < -0.4 is 9.62 Å². The summed E-state index contributed by atoms with van der Waals surface area (Å²) in [6, 6.07) is 11.2. The summed E-state index contributed by atoms with van der Waals surface area (Å²) < 4.78 is 35.0. The second-order valence-corrected chi connectivity index (χ2v) is 9.25. The smallest absolute Gasteiger partial charge is 0.261 e. The van der Waals surface area contributed by atoms with Crippen molar-refractivity contribution < 1.29 is 13.2 Å². The molecule has 0 bridgehead atoms. The summed E-state index contributed by atoms with van der Waals surface area (Å²) in [6.07, 6.45) is 3.09. The third-order valence-corrected chi connectivity index (χ3v) is 6.79. The Balaban J connectivity index is 1.66. The zero-order valence-electron chi connectivity index (χ0n) is 14.4. The third kappa shape index (κ3) is 3.61. The maximum atomic E-state index is 13.0. The second-order valence-electron chi connectivity index (χ2n) is 6.65. The number of aryl methyl sites for hydroxylation is 2. The molecule has 2 aromatic rings. The maximum absolute atomic E-state index is 13.0. The van der Waals surface area contributed by atoms with Crippen LogP contribution in [0, 0.1) is 0 Å². The van der Waals surface area contributed by atoms with E-state index >= 15 is 0 Å².